The molecule has 3 rings (SSSR count). The van der Waals surface area contributed by atoms with Crippen LogP contribution in [-0.4, -0.2) is 16.7 Å². The number of hydrogen-bond acceptors (Lipinski definition) is 2. The van der Waals surface area contributed by atoms with Crippen LogP contribution >= 0.6 is 11.6 Å². The number of ether oxygens (including phenoxy) is 1. The fourth-order valence-corrected chi connectivity index (χ4v) is 2.40. The van der Waals surface area contributed by atoms with Gasteiger partial charge in [0.25, 0.3) is 0 Å². The Balaban J connectivity index is 2.31. The Bertz CT molecular complexity index is 770. The lowest BCUT2D eigenvalue weighted by Crippen LogP contribution is -1.99. The fraction of sp³-hybridized carbons (Fsp3) is 0.133. The van der Waals surface area contributed by atoms with Crippen LogP contribution in [0.25, 0.3) is 16.7 Å². The molecule has 0 spiro atoms. The van der Waals surface area contributed by atoms with Gasteiger partial charge in [0.2, 0.25) is 0 Å². The minimum Gasteiger partial charge on any atom is -0.497 e. The lowest BCUT2D eigenvalue weighted by atomic mass is 10.2. The van der Waals surface area contributed by atoms with Gasteiger partial charge in [-0.15, -0.1) is 11.6 Å². The second-order valence-electron chi connectivity index (χ2n) is 4.33. The smallest absolute Gasteiger partial charge is 0.129 e. The summed E-state index contributed by atoms with van der Waals surface area (Å²) in [6, 6.07) is 11.9. The Kier molecular flexibility index (Phi) is 3.32. The zero-order valence-corrected chi connectivity index (χ0v) is 11.6. The molecule has 0 aliphatic rings. The van der Waals surface area contributed by atoms with E-state index in [0.29, 0.717) is 11.5 Å². The van der Waals surface area contributed by atoms with E-state index in [-0.39, 0.29) is 11.7 Å². The molecule has 0 N–H and O–H groups in total. The van der Waals surface area contributed by atoms with E-state index in [2.05, 4.69) is 4.98 Å². The van der Waals surface area contributed by atoms with Crippen molar-refractivity contribution in [2.45, 2.75) is 5.88 Å². The Hall–Kier alpha value is -2.07. The van der Waals surface area contributed by atoms with E-state index in [9.17, 15) is 4.39 Å². The van der Waals surface area contributed by atoms with Crippen LogP contribution in [-0.2, 0) is 5.88 Å². The predicted molar refractivity (Wildman–Crippen MR) is 77.1 cm³/mol. The molecule has 102 valence electrons. The number of methoxy groups -OCH3 is 1. The lowest BCUT2D eigenvalue weighted by Gasteiger charge is -2.08. The molecule has 0 saturated carbocycles. The molecule has 0 saturated heterocycles. The van der Waals surface area contributed by atoms with Crippen LogP contribution in [0.15, 0.2) is 42.5 Å². The number of halogens is 2. The average Bonchev–Trinajstić information content (AvgIpc) is 2.84. The van der Waals surface area contributed by atoms with Gasteiger partial charge in [-0.2, -0.15) is 0 Å². The van der Waals surface area contributed by atoms with Crippen LogP contribution in [0.4, 0.5) is 4.39 Å². The molecule has 0 atom stereocenters. The van der Waals surface area contributed by atoms with Gasteiger partial charge in [0.15, 0.2) is 0 Å². The van der Waals surface area contributed by atoms with E-state index in [4.69, 9.17) is 16.3 Å². The number of nitrogens with zero attached hydrogens (tertiary/aromatic N) is 2. The second kappa shape index (κ2) is 5.13. The van der Waals surface area contributed by atoms with E-state index in [0.717, 1.165) is 16.8 Å². The van der Waals surface area contributed by atoms with Crippen LogP contribution in [0.1, 0.15) is 5.82 Å². The van der Waals surface area contributed by atoms with Crippen molar-refractivity contribution < 1.29 is 9.13 Å². The van der Waals surface area contributed by atoms with Gasteiger partial charge in [-0.1, -0.05) is 6.07 Å². The molecule has 0 radical (unpaired) electrons. The molecule has 0 unspecified atom stereocenters. The molecule has 1 heterocycles. The third-order valence-electron chi connectivity index (χ3n) is 3.12. The van der Waals surface area contributed by atoms with E-state index >= 15 is 0 Å². The van der Waals surface area contributed by atoms with Crippen LogP contribution < -0.4 is 4.74 Å². The van der Waals surface area contributed by atoms with Crippen molar-refractivity contribution in [2.75, 3.05) is 7.11 Å². The number of alkyl halides is 1. The summed E-state index contributed by atoms with van der Waals surface area (Å²) in [5, 5.41) is 0. The summed E-state index contributed by atoms with van der Waals surface area (Å²) in [5.41, 5.74) is 2.33. The van der Waals surface area contributed by atoms with Gasteiger partial charge in [0.1, 0.15) is 17.4 Å². The highest BCUT2D eigenvalue weighted by molar-refractivity contribution is 6.17. The van der Waals surface area contributed by atoms with Crippen LogP contribution in [0.2, 0.25) is 0 Å². The first-order chi connectivity index (χ1) is 9.72. The molecule has 3 nitrogen and oxygen atoms in total. The maximum Gasteiger partial charge on any atom is 0.129 e. The number of benzene rings is 2. The van der Waals surface area contributed by atoms with Gasteiger partial charge in [0, 0.05) is 6.07 Å². The fourth-order valence-electron chi connectivity index (χ4n) is 2.22. The Labute approximate surface area is 120 Å². The molecule has 0 bridgehead atoms. The summed E-state index contributed by atoms with van der Waals surface area (Å²) in [6.07, 6.45) is 0. The van der Waals surface area contributed by atoms with Gasteiger partial charge >= 0.3 is 0 Å². The summed E-state index contributed by atoms with van der Waals surface area (Å²) < 4.78 is 20.5. The summed E-state index contributed by atoms with van der Waals surface area (Å²) in [7, 11) is 1.60. The normalized spacial score (nSPS) is 10.9. The zero-order chi connectivity index (χ0) is 14.1. The first kappa shape index (κ1) is 12.9. The molecule has 1 aromatic heterocycles. The molecule has 3 aromatic rings. The van der Waals surface area contributed by atoms with Crippen molar-refractivity contribution in [2.24, 2.45) is 0 Å². The number of fused-ring (bicyclic) bond motifs is 1. The van der Waals surface area contributed by atoms with Crippen molar-refractivity contribution >= 4 is 22.6 Å². The number of rotatable bonds is 3. The second-order valence-corrected chi connectivity index (χ2v) is 4.60. The minimum absolute atomic E-state index is 0.244. The van der Waals surface area contributed by atoms with Crippen molar-refractivity contribution in [3.05, 3.63) is 54.1 Å². The first-order valence-corrected chi connectivity index (χ1v) is 6.63. The molecule has 0 amide bonds. The third kappa shape index (κ3) is 2.12. The average molecular weight is 291 g/mol. The molecule has 0 fully saturated rings. The molecule has 20 heavy (non-hydrogen) atoms. The van der Waals surface area contributed by atoms with Crippen molar-refractivity contribution in [3.8, 4) is 11.4 Å². The van der Waals surface area contributed by atoms with Gasteiger partial charge in [-0.3, -0.25) is 4.57 Å². The van der Waals surface area contributed by atoms with Crippen molar-refractivity contribution in [1.82, 2.24) is 9.55 Å². The predicted octanol–water partition coefficient (Wildman–Crippen LogP) is 3.91. The summed E-state index contributed by atoms with van der Waals surface area (Å²) in [5.74, 6) is 1.33. The van der Waals surface area contributed by atoms with E-state index in [1.54, 1.807) is 13.2 Å². The van der Waals surface area contributed by atoms with Gasteiger partial charge in [-0.05, 0) is 30.3 Å². The first-order valence-electron chi connectivity index (χ1n) is 6.10. The van der Waals surface area contributed by atoms with Gasteiger partial charge in [0.05, 0.1) is 29.7 Å². The minimum atomic E-state index is -0.298. The summed E-state index contributed by atoms with van der Waals surface area (Å²) in [4.78, 5) is 4.47. The molecule has 0 aliphatic carbocycles. The highest BCUT2D eigenvalue weighted by Crippen LogP contribution is 2.26. The van der Waals surface area contributed by atoms with E-state index in [1.807, 2.05) is 28.8 Å². The highest BCUT2D eigenvalue weighted by atomic mass is 35.5. The Morgan fingerprint density at radius 1 is 1.25 bits per heavy atom. The van der Waals surface area contributed by atoms with E-state index in [1.165, 1.54) is 12.1 Å². The molecule has 2 aromatic carbocycles. The van der Waals surface area contributed by atoms with Gasteiger partial charge in [-0.25, -0.2) is 9.37 Å². The summed E-state index contributed by atoms with van der Waals surface area (Å²) >= 11 is 5.96. The Morgan fingerprint density at radius 3 is 2.80 bits per heavy atom. The SMILES string of the molecule is COc1ccc2nc(CCl)n(-c3cccc(F)c3)c2c1. The number of hydrogen-bond donors (Lipinski definition) is 0. The Morgan fingerprint density at radius 2 is 2.10 bits per heavy atom. The number of imidazole rings is 1. The molecule has 0 aliphatic heterocycles. The maximum absolute atomic E-state index is 13.4. The topological polar surface area (TPSA) is 27.1 Å². The van der Waals surface area contributed by atoms with Crippen molar-refractivity contribution in [3.63, 3.8) is 0 Å². The quantitative estimate of drug-likeness (QED) is 0.684. The standard InChI is InChI=1S/C15H12ClFN2O/c1-20-12-5-6-13-14(8-12)19(15(9-16)18-13)11-4-2-3-10(17)7-11/h2-8H,9H2,1H3. The lowest BCUT2D eigenvalue weighted by molar-refractivity contribution is 0.415. The number of aromatic nitrogens is 2. The summed E-state index contributed by atoms with van der Waals surface area (Å²) in [6.45, 7) is 0. The van der Waals surface area contributed by atoms with Crippen molar-refractivity contribution in [1.29, 1.82) is 0 Å². The molecule has 5 heteroatoms. The van der Waals surface area contributed by atoms with E-state index < -0.39 is 0 Å². The van der Waals surface area contributed by atoms with Crippen LogP contribution in [0, 0.1) is 5.82 Å². The highest BCUT2D eigenvalue weighted by Gasteiger charge is 2.13. The van der Waals surface area contributed by atoms with Gasteiger partial charge < -0.3 is 4.74 Å². The molecular weight excluding hydrogens is 279 g/mol. The zero-order valence-electron chi connectivity index (χ0n) is 10.8. The monoisotopic (exact) mass is 290 g/mol. The third-order valence-corrected chi connectivity index (χ3v) is 3.36. The maximum atomic E-state index is 13.4. The van der Waals surface area contributed by atoms with Crippen LogP contribution in [0.3, 0.4) is 0 Å². The molecular formula is C15H12ClFN2O. The van der Waals surface area contributed by atoms with Crippen LogP contribution in [0.5, 0.6) is 5.75 Å². The largest absolute Gasteiger partial charge is 0.497 e.